The third-order valence-electron chi connectivity index (χ3n) is 4.17. The molecule has 3 atom stereocenters. The molecule has 1 aliphatic carbocycles. The molecule has 1 aliphatic rings. The number of rotatable bonds is 4. The number of aliphatic hydroxyl groups is 1. The molecule has 1 heterocycles. The molecule has 1 aromatic heterocycles. The van der Waals surface area contributed by atoms with Crippen molar-refractivity contribution in [2.45, 2.75) is 38.7 Å². The molecule has 0 bridgehead atoms. The van der Waals surface area contributed by atoms with E-state index in [1.54, 1.807) is 0 Å². The van der Waals surface area contributed by atoms with Crippen LogP contribution in [0.2, 0.25) is 4.34 Å². The largest absolute Gasteiger partial charge is 0.387 e. The van der Waals surface area contributed by atoms with Crippen molar-refractivity contribution < 1.29 is 5.11 Å². The van der Waals surface area contributed by atoms with Gasteiger partial charge in [-0.05, 0) is 37.3 Å². The van der Waals surface area contributed by atoms with Crippen molar-refractivity contribution in [1.29, 1.82) is 0 Å². The first-order valence-corrected chi connectivity index (χ1v) is 7.44. The van der Waals surface area contributed by atoms with Gasteiger partial charge in [0.1, 0.15) is 0 Å². The Morgan fingerprint density at radius 1 is 1.65 bits per heavy atom. The summed E-state index contributed by atoms with van der Waals surface area (Å²) in [5.41, 5.74) is 5.81. The highest BCUT2D eigenvalue weighted by molar-refractivity contribution is 7.16. The summed E-state index contributed by atoms with van der Waals surface area (Å²) in [6.07, 6.45) is 3.97. The van der Waals surface area contributed by atoms with Gasteiger partial charge in [0.05, 0.1) is 10.4 Å². The Morgan fingerprint density at radius 3 is 2.88 bits per heavy atom. The van der Waals surface area contributed by atoms with Crippen LogP contribution in [0.15, 0.2) is 12.1 Å². The Bertz CT molecular complexity index is 381. The molecule has 1 aromatic rings. The van der Waals surface area contributed by atoms with Gasteiger partial charge in [-0.3, -0.25) is 0 Å². The molecular formula is C13H20ClNOS. The Morgan fingerprint density at radius 2 is 2.41 bits per heavy atom. The first-order valence-electron chi connectivity index (χ1n) is 6.24. The fraction of sp³-hybridized carbons (Fsp3) is 0.692. The Hall–Kier alpha value is -0.0900. The topological polar surface area (TPSA) is 46.2 Å². The van der Waals surface area contributed by atoms with Crippen LogP contribution in [0, 0.1) is 11.3 Å². The van der Waals surface area contributed by atoms with Crippen LogP contribution in [-0.2, 0) is 0 Å². The second-order valence-electron chi connectivity index (χ2n) is 5.13. The number of thiophene rings is 1. The molecule has 3 unspecified atom stereocenters. The van der Waals surface area contributed by atoms with E-state index in [9.17, 15) is 5.11 Å². The van der Waals surface area contributed by atoms with E-state index >= 15 is 0 Å². The Labute approximate surface area is 112 Å². The van der Waals surface area contributed by atoms with Gasteiger partial charge in [-0.25, -0.2) is 0 Å². The number of hydrogen-bond acceptors (Lipinski definition) is 3. The zero-order valence-corrected chi connectivity index (χ0v) is 11.7. The van der Waals surface area contributed by atoms with Gasteiger partial charge in [-0.2, -0.15) is 0 Å². The third-order valence-corrected chi connectivity index (χ3v) is 5.46. The SMILES string of the molecule is CCC1CCC(CN)(C(O)c2ccc(Cl)s2)C1. The minimum Gasteiger partial charge on any atom is -0.387 e. The maximum Gasteiger partial charge on any atom is 0.0950 e. The fourth-order valence-electron chi connectivity index (χ4n) is 2.94. The summed E-state index contributed by atoms with van der Waals surface area (Å²) in [4.78, 5) is 0.956. The lowest BCUT2D eigenvalue weighted by atomic mass is 9.78. The summed E-state index contributed by atoms with van der Waals surface area (Å²) in [5.74, 6) is 0.712. The van der Waals surface area contributed by atoms with Gasteiger partial charge in [-0.1, -0.05) is 24.9 Å². The standard InChI is InChI=1S/C13H20ClNOS/c1-2-9-5-6-13(7-9,8-15)12(16)10-3-4-11(14)17-10/h3-4,9,12,16H,2,5-8,15H2,1H3. The van der Waals surface area contributed by atoms with Crippen LogP contribution in [0.25, 0.3) is 0 Å². The zero-order valence-electron chi connectivity index (χ0n) is 10.2. The van der Waals surface area contributed by atoms with E-state index in [1.807, 2.05) is 12.1 Å². The summed E-state index contributed by atoms with van der Waals surface area (Å²) in [6, 6.07) is 3.77. The van der Waals surface area contributed by atoms with E-state index in [-0.39, 0.29) is 5.41 Å². The van der Waals surface area contributed by atoms with Crippen molar-refractivity contribution in [3.8, 4) is 0 Å². The minimum absolute atomic E-state index is 0.130. The monoisotopic (exact) mass is 273 g/mol. The number of hydrogen-bond donors (Lipinski definition) is 2. The van der Waals surface area contributed by atoms with E-state index in [0.29, 0.717) is 12.5 Å². The lowest BCUT2D eigenvalue weighted by molar-refractivity contribution is 0.0329. The summed E-state index contributed by atoms with van der Waals surface area (Å²) >= 11 is 7.40. The predicted octanol–water partition coefficient (Wildman–Crippen LogP) is 3.59. The molecule has 0 radical (unpaired) electrons. The highest BCUT2D eigenvalue weighted by Crippen LogP contribution is 2.51. The molecular weight excluding hydrogens is 254 g/mol. The van der Waals surface area contributed by atoms with Gasteiger partial charge >= 0.3 is 0 Å². The first-order chi connectivity index (χ1) is 8.11. The third kappa shape index (κ3) is 2.53. The summed E-state index contributed by atoms with van der Waals surface area (Å²) in [7, 11) is 0. The van der Waals surface area contributed by atoms with Crippen LogP contribution >= 0.6 is 22.9 Å². The first kappa shape index (κ1) is 13.3. The van der Waals surface area contributed by atoms with Crippen molar-refractivity contribution in [3.05, 3.63) is 21.3 Å². The molecule has 0 aliphatic heterocycles. The summed E-state index contributed by atoms with van der Waals surface area (Å²) < 4.78 is 0.733. The van der Waals surface area contributed by atoms with Gasteiger partial charge in [0, 0.05) is 16.8 Å². The van der Waals surface area contributed by atoms with E-state index in [4.69, 9.17) is 17.3 Å². The van der Waals surface area contributed by atoms with Gasteiger partial charge in [0.15, 0.2) is 0 Å². The average Bonchev–Trinajstić information content (AvgIpc) is 2.95. The van der Waals surface area contributed by atoms with Crippen LogP contribution in [0.3, 0.4) is 0 Å². The molecule has 1 fully saturated rings. The van der Waals surface area contributed by atoms with E-state index in [2.05, 4.69) is 6.92 Å². The van der Waals surface area contributed by atoms with Crippen LogP contribution in [0.4, 0.5) is 0 Å². The maximum atomic E-state index is 10.6. The Balaban J connectivity index is 2.18. The molecule has 0 aromatic carbocycles. The van der Waals surface area contributed by atoms with Gasteiger partial charge in [0.2, 0.25) is 0 Å². The second-order valence-corrected chi connectivity index (χ2v) is 6.87. The minimum atomic E-state index is -0.457. The van der Waals surface area contributed by atoms with Crippen molar-refractivity contribution in [2.24, 2.45) is 17.1 Å². The van der Waals surface area contributed by atoms with E-state index in [0.717, 1.165) is 22.1 Å². The zero-order chi connectivity index (χ0) is 12.5. The normalized spacial score (nSPS) is 30.7. The van der Waals surface area contributed by atoms with Crippen molar-refractivity contribution in [3.63, 3.8) is 0 Å². The molecule has 17 heavy (non-hydrogen) atoms. The molecule has 0 saturated heterocycles. The second kappa shape index (κ2) is 5.27. The fourth-order valence-corrected chi connectivity index (χ4v) is 4.13. The highest BCUT2D eigenvalue weighted by Gasteiger charge is 2.44. The average molecular weight is 274 g/mol. The predicted molar refractivity (Wildman–Crippen MR) is 73.4 cm³/mol. The molecule has 1 saturated carbocycles. The van der Waals surface area contributed by atoms with Crippen LogP contribution in [0.5, 0.6) is 0 Å². The van der Waals surface area contributed by atoms with Crippen LogP contribution < -0.4 is 5.73 Å². The van der Waals surface area contributed by atoms with E-state index < -0.39 is 6.10 Å². The Kier molecular flexibility index (Phi) is 4.14. The lowest BCUT2D eigenvalue weighted by Crippen LogP contribution is -2.34. The highest BCUT2D eigenvalue weighted by atomic mass is 35.5. The van der Waals surface area contributed by atoms with Crippen LogP contribution in [0.1, 0.15) is 43.6 Å². The smallest absolute Gasteiger partial charge is 0.0950 e. The molecule has 96 valence electrons. The maximum absolute atomic E-state index is 10.6. The van der Waals surface area contributed by atoms with Crippen molar-refractivity contribution in [1.82, 2.24) is 0 Å². The molecule has 4 heteroatoms. The molecule has 0 amide bonds. The molecule has 2 rings (SSSR count). The van der Waals surface area contributed by atoms with Gasteiger partial charge in [-0.15, -0.1) is 11.3 Å². The van der Waals surface area contributed by atoms with Crippen molar-refractivity contribution >= 4 is 22.9 Å². The molecule has 3 N–H and O–H groups in total. The number of nitrogens with two attached hydrogens (primary N) is 1. The summed E-state index contributed by atoms with van der Waals surface area (Å²) in [5, 5.41) is 10.6. The summed E-state index contributed by atoms with van der Waals surface area (Å²) in [6.45, 7) is 2.77. The quantitative estimate of drug-likeness (QED) is 0.881. The molecule has 2 nitrogen and oxygen atoms in total. The van der Waals surface area contributed by atoms with E-state index in [1.165, 1.54) is 24.2 Å². The number of aliphatic hydroxyl groups excluding tert-OH is 1. The number of halogens is 1. The molecule has 0 spiro atoms. The lowest BCUT2D eigenvalue weighted by Gasteiger charge is -2.32. The van der Waals surface area contributed by atoms with Crippen LogP contribution in [-0.4, -0.2) is 11.7 Å². The van der Waals surface area contributed by atoms with Crippen molar-refractivity contribution in [2.75, 3.05) is 6.54 Å². The van der Waals surface area contributed by atoms with Gasteiger partial charge in [0.25, 0.3) is 0 Å². The van der Waals surface area contributed by atoms with Gasteiger partial charge < -0.3 is 10.8 Å².